The van der Waals surface area contributed by atoms with Gasteiger partial charge in [0.1, 0.15) is 0 Å². The average molecular weight is 161 g/mol. The smallest absolute Gasteiger partial charge is 0.317 e. The molecule has 4 nitrogen and oxygen atoms in total. The minimum absolute atomic E-state index is 0.0219. The first-order valence-corrected chi connectivity index (χ1v) is 3.58. The molecule has 0 fully saturated rings. The number of carboxylic acid groups (broad SMARTS) is 1. The van der Waals surface area contributed by atoms with E-state index in [1.165, 1.54) is 0 Å². The summed E-state index contributed by atoms with van der Waals surface area (Å²) in [6, 6.07) is 0. The van der Waals surface area contributed by atoms with Crippen LogP contribution in [0.3, 0.4) is 0 Å². The monoisotopic (exact) mass is 161 g/mol. The fraction of sp³-hybridized carbons (Fsp3) is 0.857. The van der Waals surface area contributed by atoms with E-state index in [0.29, 0.717) is 19.1 Å². The van der Waals surface area contributed by atoms with Gasteiger partial charge in [0.05, 0.1) is 6.54 Å². The maximum Gasteiger partial charge on any atom is 0.317 e. The van der Waals surface area contributed by atoms with Crippen molar-refractivity contribution in [2.24, 2.45) is 5.92 Å². The van der Waals surface area contributed by atoms with E-state index >= 15 is 0 Å². The molecular formula is C7H15NO3. The molecule has 0 amide bonds. The van der Waals surface area contributed by atoms with E-state index < -0.39 is 5.97 Å². The summed E-state index contributed by atoms with van der Waals surface area (Å²) in [4.78, 5) is 10.0. The molecule has 1 atom stereocenters. The van der Waals surface area contributed by atoms with E-state index in [0.717, 1.165) is 0 Å². The van der Waals surface area contributed by atoms with E-state index in [9.17, 15) is 4.79 Å². The number of hydrogen-bond acceptors (Lipinski definition) is 3. The van der Waals surface area contributed by atoms with Crippen molar-refractivity contribution in [3.63, 3.8) is 0 Å². The van der Waals surface area contributed by atoms with Crippen LogP contribution < -0.4 is 5.32 Å². The van der Waals surface area contributed by atoms with Gasteiger partial charge in [-0.05, 0) is 5.92 Å². The summed E-state index contributed by atoms with van der Waals surface area (Å²) >= 11 is 0. The molecular weight excluding hydrogens is 146 g/mol. The Morgan fingerprint density at radius 3 is 2.82 bits per heavy atom. The van der Waals surface area contributed by atoms with E-state index in [-0.39, 0.29) is 6.54 Å². The lowest BCUT2D eigenvalue weighted by atomic mass is 10.2. The van der Waals surface area contributed by atoms with Gasteiger partial charge in [-0.2, -0.15) is 0 Å². The normalized spacial score (nSPS) is 12.9. The van der Waals surface area contributed by atoms with Crippen molar-refractivity contribution < 1.29 is 14.6 Å². The minimum Gasteiger partial charge on any atom is -0.480 e. The van der Waals surface area contributed by atoms with Gasteiger partial charge >= 0.3 is 5.97 Å². The number of aliphatic carboxylic acids is 1. The van der Waals surface area contributed by atoms with E-state index in [1.54, 1.807) is 7.11 Å². The van der Waals surface area contributed by atoms with Gasteiger partial charge in [0, 0.05) is 20.3 Å². The fourth-order valence-electron chi connectivity index (χ4n) is 0.769. The highest BCUT2D eigenvalue weighted by molar-refractivity contribution is 5.68. The second-order valence-corrected chi connectivity index (χ2v) is 2.59. The molecule has 0 aromatic heterocycles. The van der Waals surface area contributed by atoms with Crippen LogP contribution in [0.25, 0.3) is 0 Å². The predicted molar refractivity (Wildman–Crippen MR) is 41.5 cm³/mol. The Morgan fingerprint density at radius 2 is 2.36 bits per heavy atom. The van der Waals surface area contributed by atoms with E-state index in [2.05, 4.69) is 5.32 Å². The molecule has 0 bridgehead atoms. The number of hydrogen-bond donors (Lipinski definition) is 2. The second-order valence-electron chi connectivity index (χ2n) is 2.59. The Labute approximate surface area is 66.5 Å². The SMILES string of the molecule is COCC(C)CNCC(=O)O. The van der Waals surface area contributed by atoms with E-state index in [4.69, 9.17) is 9.84 Å². The second kappa shape index (κ2) is 6.12. The molecule has 0 spiro atoms. The minimum atomic E-state index is -0.824. The molecule has 0 radical (unpaired) electrons. The number of rotatable bonds is 6. The standard InChI is InChI=1S/C7H15NO3/c1-6(5-11-2)3-8-4-7(9)10/h6,8H,3-5H2,1-2H3,(H,9,10). The summed E-state index contributed by atoms with van der Waals surface area (Å²) in [5.41, 5.74) is 0. The lowest BCUT2D eigenvalue weighted by Crippen LogP contribution is -2.28. The summed E-state index contributed by atoms with van der Waals surface area (Å²) < 4.78 is 4.87. The van der Waals surface area contributed by atoms with Crippen molar-refractivity contribution in [1.82, 2.24) is 5.32 Å². The molecule has 0 heterocycles. The number of carbonyl (C=O) groups is 1. The Kier molecular flexibility index (Phi) is 5.78. The molecule has 0 aliphatic carbocycles. The molecule has 0 rings (SSSR count). The molecule has 2 N–H and O–H groups in total. The quantitative estimate of drug-likeness (QED) is 0.573. The highest BCUT2D eigenvalue weighted by Crippen LogP contribution is 1.90. The van der Waals surface area contributed by atoms with Gasteiger partial charge in [0.2, 0.25) is 0 Å². The Morgan fingerprint density at radius 1 is 1.73 bits per heavy atom. The molecule has 1 unspecified atom stereocenters. The van der Waals surface area contributed by atoms with Crippen LogP contribution in [0.15, 0.2) is 0 Å². The lowest BCUT2D eigenvalue weighted by Gasteiger charge is -2.09. The topological polar surface area (TPSA) is 58.6 Å². The zero-order valence-electron chi connectivity index (χ0n) is 6.96. The Bertz CT molecular complexity index is 116. The van der Waals surface area contributed by atoms with Crippen LogP contribution in [0.4, 0.5) is 0 Å². The van der Waals surface area contributed by atoms with Crippen LogP contribution in [0.5, 0.6) is 0 Å². The van der Waals surface area contributed by atoms with Crippen LogP contribution >= 0.6 is 0 Å². The molecule has 0 aromatic carbocycles. The molecule has 0 aromatic rings. The van der Waals surface area contributed by atoms with Gasteiger partial charge in [-0.25, -0.2) is 0 Å². The molecule has 11 heavy (non-hydrogen) atoms. The lowest BCUT2D eigenvalue weighted by molar-refractivity contribution is -0.136. The molecule has 0 aliphatic rings. The first-order valence-electron chi connectivity index (χ1n) is 3.58. The van der Waals surface area contributed by atoms with Crippen molar-refractivity contribution in [3.8, 4) is 0 Å². The van der Waals surface area contributed by atoms with E-state index in [1.807, 2.05) is 6.92 Å². The number of carboxylic acids is 1. The van der Waals surface area contributed by atoms with Crippen LogP contribution in [0.1, 0.15) is 6.92 Å². The Hall–Kier alpha value is -0.610. The fourth-order valence-corrected chi connectivity index (χ4v) is 0.769. The van der Waals surface area contributed by atoms with Crippen LogP contribution in [-0.2, 0) is 9.53 Å². The van der Waals surface area contributed by atoms with Crippen molar-refractivity contribution in [2.75, 3.05) is 26.8 Å². The largest absolute Gasteiger partial charge is 0.480 e. The van der Waals surface area contributed by atoms with Crippen LogP contribution in [0, 0.1) is 5.92 Å². The molecule has 0 aliphatic heterocycles. The first kappa shape index (κ1) is 10.4. The van der Waals surface area contributed by atoms with Crippen molar-refractivity contribution in [3.05, 3.63) is 0 Å². The summed E-state index contributed by atoms with van der Waals surface area (Å²) in [5, 5.41) is 11.1. The van der Waals surface area contributed by atoms with Crippen molar-refractivity contribution in [2.45, 2.75) is 6.92 Å². The zero-order valence-corrected chi connectivity index (χ0v) is 6.96. The maximum absolute atomic E-state index is 10.0. The van der Waals surface area contributed by atoms with Gasteiger partial charge in [0.25, 0.3) is 0 Å². The highest BCUT2D eigenvalue weighted by atomic mass is 16.5. The van der Waals surface area contributed by atoms with Crippen molar-refractivity contribution in [1.29, 1.82) is 0 Å². The van der Waals surface area contributed by atoms with Gasteiger partial charge < -0.3 is 15.2 Å². The van der Waals surface area contributed by atoms with Crippen LogP contribution in [-0.4, -0.2) is 37.9 Å². The first-order chi connectivity index (χ1) is 5.16. The third-order valence-corrected chi connectivity index (χ3v) is 1.22. The molecule has 0 saturated heterocycles. The predicted octanol–water partition coefficient (Wildman–Crippen LogP) is -0.0569. The molecule has 66 valence electrons. The van der Waals surface area contributed by atoms with Gasteiger partial charge in [-0.3, -0.25) is 4.79 Å². The number of nitrogens with one attached hydrogen (secondary N) is 1. The van der Waals surface area contributed by atoms with Crippen molar-refractivity contribution >= 4 is 5.97 Å². The number of methoxy groups -OCH3 is 1. The summed E-state index contributed by atoms with van der Waals surface area (Å²) in [5.74, 6) is -0.464. The third-order valence-electron chi connectivity index (χ3n) is 1.22. The van der Waals surface area contributed by atoms with Gasteiger partial charge in [0.15, 0.2) is 0 Å². The summed E-state index contributed by atoms with van der Waals surface area (Å²) in [6.07, 6.45) is 0. The third kappa shape index (κ3) is 7.29. The van der Waals surface area contributed by atoms with Gasteiger partial charge in [-0.15, -0.1) is 0 Å². The van der Waals surface area contributed by atoms with Gasteiger partial charge in [-0.1, -0.05) is 6.92 Å². The zero-order chi connectivity index (χ0) is 8.69. The highest BCUT2D eigenvalue weighted by Gasteiger charge is 2.01. The number of ether oxygens (including phenoxy) is 1. The average Bonchev–Trinajstić information content (AvgIpc) is 1.87. The summed E-state index contributed by atoms with van der Waals surface area (Å²) in [7, 11) is 1.63. The molecule has 0 saturated carbocycles. The van der Waals surface area contributed by atoms with Crippen LogP contribution in [0.2, 0.25) is 0 Å². The Balaban J connectivity index is 3.16. The molecule has 4 heteroatoms. The maximum atomic E-state index is 10.0. The summed E-state index contributed by atoms with van der Waals surface area (Å²) in [6.45, 7) is 3.36.